The summed E-state index contributed by atoms with van der Waals surface area (Å²) in [4.78, 5) is 4.55. The molecule has 0 bridgehead atoms. The number of para-hydroxylation sites is 1. The predicted molar refractivity (Wildman–Crippen MR) is 82.0 cm³/mol. The van der Waals surface area contributed by atoms with E-state index in [4.69, 9.17) is 0 Å². The molecule has 98 valence electrons. The van der Waals surface area contributed by atoms with Crippen LogP contribution in [0, 0.1) is 6.92 Å². The molecule has 0 saturated carbocycles. The van der Waals surface area contributed by atoms with Crippen LogP contribution in [0.15, 0.2) is 71.7 Å². The molecule has 0 radical (unpaired) electrons. The van der Waals surface area contributed by atoms with Crippen LogP contribution in [0.2, 0.25) is 0 Å². The van der Waals surface area contributed by atoms with Crippen molar-refractivity contribution in [3.8, 4) is 5.69 Å². The van der Waals surface area contributed by atoms with Gasteiger partial charge in [-0.25, -0.2) is 9.67 Å². The highest BCUT2D eigenvalue weighted by Crippen LogP contribution is 2.19. The molecule has 0 atom stereocenters. The van der Waals surface area contributed by atoms with E-state index >= 15 is 0 Å². The van der Waals surface area contributed by atoms with Gasteiger partial charge in [0.15, 0.2) is 5.82 Å². The maximum absolute atomic E-state index is 4.55. The van der Waals surface area contributed by atoms with Gasteiger partial charge in [-0.3, -0.25) is 0 Å². The number of hydrogen-bond acceptors (Lipinski definition) is 2. The molecule has 0 aliphatic heterocycles. The smallest absolute Gasteiger partial charge is 0.155 e. The Morgan fingerprint density at radius 3 is 2.30 bits per heavy atom. The summed E-state index contributed by atoms with van der Waals surface area (Å²) < 4.78 is 1.86. The van der Waals surface area contributed by atoms with Crippen molar-refractivity contribution in [2.45, 2.75) is 6.92 Å². The molecular weight excluding hydrogens is 246 g/mol. The van der Waals surface area contributed by atoms with Gasteiger partial charge in [-0.15, -0.1) is 0 Å². The Morgan fingerprint density at radius 2 is 1.60 bits per heavy atom. The van der Waals surface area contributed by atoms with Crippen LogP contribution < -0.4 is 0 Å². The number of aliphatic imine (C=N–C) groups is 1. The van der Waals surface area contributed by atoms with Gasteiger partial charge in [0, 0.05) is 12.3 Å². The SMILES string of the molecule is Cc1cc(/N=C/c2ccccc2)n(-c2ccccc2)n1. The molecule has 1 aromatic heterocycles. The number of aromatic nitrogens is 2. The van der Waals surface area contributed by atoms with Crippen molar-refractivity contribution >= 4 is 12.0 Å². The largest absolute Gasteiger partial charge is 0.236 e. The van der Waals surface area contributed by atoms with Crippen molar-refractivity contribution in [3.05, 3.63) is 78.0 Å². The van der Waals surface area contributed by atoms with E-state index in [1.807, 2.05) is 84.6 Å². The van der Waals surface area contributed by atoms with Gasteiger partial charge in [-0.2, -0.15) is 5.10 Å². The second kappa shape index (κ2) is 5.53. The van der Waals surface area contributed by atoms with Gasteiger partial charge in [0.2, 0.25) is 0 Å². The summed E-state index contributed by atoms with van der Waals surface area (Å²) >= 11 is 0. The van der Waals surface area contributed by atoms with Crippen molar-refractivity contribution in [2.75, 3.05) is 0 Å². The van der Waals surface area contributed by atoms with Crippen molar-refractivity contribution in [1.82, 2.24) is 9.78 Å². The monoisotopic (exact) mass is 261 g/mol. The average molecular weight is 261 g/mol. The first-order chi connectivity index (χ1) is 9.83. The van der Waals surface area contributed by atoms with Crippen LogP contribution in [0.5, 0.6) is 0 Å². The van der Waals surface area contributed by atoms with E-state index in [9.17, 15) is 0 Å². The minimum absolute atomic E-state index is 0.831. The van der Waals surface area contributed by atoms with Crippen LogP contribution in [0.25, 0.3) is 5.69 Å². The summed E-state index contributed by atoms with van der Waals surface area (Å²) in [6, 6.07) is 22.1. The zero-order chi connectivity index (χ0) is 13.8. The zero-order valence-corrected chi connectivity index (χ0v) is 11.3. The molecule has 0 spiro atoms. The van der Waals surface area contributed by atoms with E-state index in [1.165, 1.54) is 0 Å². The molecule has 0 fully saturated rings. The van der Waals surface area contributed by atoms with Gasteiger partial charge in [0.05, 0.1) is 11.4 Å². The van der Waals surface area contributed by atoms with Gasteiger partial charge in [-0.1, -0.05) is 48.5 Å². The molecule has 3 heteroatoms. The first-order valence-corrected chi connectivity index (χ1v) is 6.54. The van der Waals surface area contributed by atoms with E-state index in [0.29, 0.717) is 0 Å². The second-order valence-corrected chi connectivity index (χ2v) is 4.56. The standard InChI is InChI=1S/C17H15N3/c1-14-12-17(18-13-15-8-4-2-5-9-15)20(19-14)16-10-6-3-7-11-16/h2-13H,1H3/b18-13+. The van der Waals surface area contributed by atoms with Crippen molar-refractivity contribution in [2.24, 2.45) is 4.99 Å². The number of nitrogens with zero attached hydrogens (tertiary/aromatic N) is 3. The molecule has 0 N–H and O–H groups in total. The fourth-order valence-electron chi connectivity index (χ4n) is 2.02. The zero-order valence-electron chi connectivity index (χ0n) is 11.3. The highest BCUT2D eigenvalue weighted by molar-refractivity contribution is 5.81. The fourth-order valence-corrected chi connectivity index (χ4v) is 2.02. The lowest BCUT2D eigenvalue weighted by Gasteiger charge is -2.03. The number of aryl methyl sites for hydroxylation is 1. The molecule has 0 unspecified atom stereocenters. The van der Waals surface area contributed by atoms with E-state index in [0.717, 1.165) is 22.8 Å². The lowest BCUT2D eigenvalue weighted by molar-refractivity contribution is 0.863. The van der Waals surface area contributed by atoms with Crippen LogP contribution in [0.1, 0.15) is 11.3 Å². The lowest BCUT2D eigenvalue weighted by Crippen LogP contribution is -1.95. The fraction of sp³-hybridized carbons (Fsp3) is 0.0588. The van der Waals surface area contributed by atoms with Crippen LogP contribution in [0.4, 0.5) is 5.82 Å². The third-order valence-electron chi connectivity index (χ3n) is 2.96. The minimum atomic E-state index is 0.831. The Bertz CT molecular complexity index is 713. The third kappa shape index (κ3) is 2.67. The Hall–Kier alpha value is -2.68. The molecule has 0 amide bonds. The van der Waals surface area contributed by atoms with Crippen LogP contribution in [0.3, 0.4) is 0 Å². The topological polar surface area (TPSA) is 30.2 Å². The van der Waals surface area contributed by atoms with Gasteiger partial charge >= 0.3 is 0 Å². The molecule has 2 aromatic carbocycles. The van der Waals surface area contributed by atoms with E-state index in [-0.39, 0.29) is 0 Å². The van der Waals surface area contributed by atoms with Gasteiger partial charge in [0.1, 0.15) is 0 Å². The van der Waals surface area contributed by atoms with Gasteiger partial charge in [0.25, 0.3) is 0 Å². The summed E-state index contributed by atoms with van der Waals surface area (Å²) in [5.41, 5.74) is 3.04. The lowest BCUT2D eigenvalue weighted by atomic mass is 10.2. The summed E-state index contributed by atoms with van der Waals surface area (Å²) in [6.45, 7) is 1.97. The first-order valence-electron chi connectivity index (χ1n) is 6.54. The van der Waals surface area contributed by atoms with Crippen molar-refractivity contribution < 1.29 is 0 Å². The maximum atomic E-state index is 4.55. The Labute approximate surface area is 118 Å². The summed E-state index contributed by atoms with van der Waals surface area (Å²) in [7, 11) is 0. The van der Waals surface area contributed by atoms with E-state index in [1.54, 1.807) is 0 Å². The number of hydrogen-bond donors (Lipinski definition) is 0. The minimum Gasteiger partial charge on any atom is -0.236 e. The quantitative estimate of drug-likeness (QED) is 0.657. The summed E-state index contributed by atoms with van der Waals surface area (Å²) in [6.07, 6.45) is 1.86. The highest BCUT2D eigenvalue weighted by atomic mass is 15.3. The normalized spacial score (nSPS) is 11.1. The van der Waals surface area contributed by atoms with Crippen LogP contribution in [-0.2, 0) is 0 Å². The Morgan fingerprint density at radius 1 is 0.950 bits per heavy atom. The molecule has 0 saturated heterocycles. The highest BCUT2D eigenvalue weighted by Gasteiger charge is 2.05. The van der Waals surface area contributed by atoms with E-state index < -0.39 is 0 Å². The van der Waals surface area contributed by atoms with E-state index in [2.05, 4.69) is 10.1 Å². The third-order valence-corrected chi connectivity index (χ3v) is 2.96. The van der Waals surface area contributed by atoms with Crippen molar-refractivity contribution in [3.63, 3.8) is 0 Å². The molecule has 3 rings (SSSR count). The first kappa shape index (κ1) is 12.4. The Balaban J connectivity index is 1.97. The molecule has 3 aromatic rings. The van der Waals surface area contributed by atoms with Crippen LogP contribution >= 0.6 is 0 Å². The van der Waals surface area contributed by atoms with Crippen LogP contribution in [-0.4, -0.2) is 16.0 Å². The second-order valence-electron chi connectivity index (χ2n) is 4.56. The predicted octanol–water partition coefficient (Wildman–Crippen LogP) is 3.93. The molecule has 0 aliphatic rings. The molecule has 3 nitrogen and oxygen atoms in total. The van der Waals surface area contributed by atoms with Crippen molar-refractivity contribution in [1.29, 1.82) is 0 Å². The molecular formula is C17H15N3. The average Bonchev–Trinajstić information content (AvgIpc) is 2.88. The number of benzene rings is 2. The summed E-state index contributed by atoms with van der Waals surface area (Å²) in [5, 5.41) is 4.50. The number of rotatable bonds is 3. The van der Waals surface area contributed by atoms with Gasteiger partial charge < -0.3 is 0 Å². The molecule has 20 heavy (non-hydrogen) atoms. The summed E-state index contributed by atoms with van der Waals surface area (Å²) in [5.74, 6) is 0.831. The van der Waals surface area contributed by atoms with Gasteiger partial charge in [-0.05, 0) is 24.6 Å². The maximum Gasteiger partial charge on any atom is 0.155 e. The molecule has 1 heterocycles. The molecule has 0 aliphatic carbocycles. The Kier molecular flexibility index (Phi) is 3.42.